The van der Waals surface area contributed by atoms with Crippen LogP contribution in [0.3, 0.4) is 0 Å². The van der Waals surface area contributed by atoms with E-state index in [2.05, 4.69) is 0 Å². The van der Waals surface area contributed by atoms with Gasteiger partial charge in [-0.2, -0.15) is 0 Å². The van der Waals surface area contributed by atoms with Crippen LogP contribution in [0.4, 0.5) is 0 Å². The predicted molar refractivity (Wildman–Crippen MR) is 78.7 cm³/mol. The third kappa shape index (κ3) is 2.79. The second-order valence-electron chi connectivity index (χ2n) is 6.01. The minimum Gasteiger partial charge on any atom is -0.480 e. The molecule has 3 unspecified atom stereocenters. The number of carbonyl (C=O) groups is 2. The molecule has 118 valence electrons. The summed E-state index contributed by atoms with van der Waals surface area (Å²) in [5.41, 5.74) is 0. The minimum absolute atomic E-state index is 0.0379. The van der Waals surface area contributed by atoms with Gasteiger partial charge in [-0.1, -0.05) is 6.42 Å². The standard InChI is InChI=1S/C13H19NO5S2/c15-11(10-3-1-2-6-21(10,18)19)14-9(13(16)17)7-20-12(14)8-4-5-8/h8-10,12H,1-7H2,(H,16,17). The summed E-state index contributed by atoms with van der Waals surface area (Å²) >= 11 is 1.48. The molecule has 0 aromatic heterocycles. The second-order valence-corrected chi connectivity index (χ2v) is 9.46. The molecule has 2 heterocycles. The lowest BCUT2D eigenvalue weighted by molar-refractivity contribution is -0.149. The summed E-state index contributed by atoms with van der Waals surface area (Å²) < 4.78 is 24.3. The maximum Gasteiger partial charge on any atom is 0.327 e. The molecule has 8 heteroatoms. The lowest BCUT2D eigenvalue weighted by Gasteiger charge is -2.32. The normalized spacial score (nSPS) is 35.6. The summed E-state index contributed by atoms with van der Waals surface area (Å²) in [6.45, 7) is 0. The van der Waals surface area contributed by atoms with Crippen molar-refractivity contribution < 1.29 is 23.1 Å². The number of sulfone groups is 1. The Hall–Kier alpha value is -0.760. The van der Waals surface area contributed by atoms with Gasteiger partial charge in [0, 0.05) is 5.75 Å². The van der Waals surface area contributed by atoms with Crippen molar-refractivity contribution in [3.05, 3.63) is 0 Å². The third-order valence-corrected chi connectivity index (χ3v) is 8.08. The van der Waals surface area contributed by atoms with E-state index in [4.69, 9.17) is 0 Å². The van der Waals surface area contributed by atoms with E-state index in [1.54, 1.807) is 0 Å². The number of hydrogen-bond acceptors (Lipinski definition) is 5. The van der Waals surface area contributed by atoms with Gasteiger partial charge in [0.15, 0.2) is 9.84 Å². The van der Waals surface area contributed by atoms with Crippen LogP contribution in [-0.4, -0.2) is 58.5 Å². The fraction of sp³-hybridized carbons (Fsp3) is 0.846. The molecule has 1 N–H and O–H groups in total. The highest BCUT2D eigenvalue weighted by molar-refractivity contribution is 8.00. The number of rotatable bonds is 3. The molecule has 3 aliphatic rings. The van der Waals surface area contributed by atoms with Crippen LogP contribution in [0.5, 0.6) is 0 Å². The maximum absolute atomic E-state index is 12.7. The van der Waals surface area contributed by atoms with Gasteiger partial charge in [0.2, 0.25) is 5.91 Å². The van der Waals surface area contributed by atoms with Crippen LogP contribution >= 0.6 is 11.8 Å². The van der Waals surface area contributed by atoms with E-state index in [0.29, 0.717) is 30.9 Å². The summed E-state index contributed by atoms with van der Waals surface area (Å²) in [5.74, 6) is -0.795. The average molecular weight is 333 g/mol. The minimum atomic E-state index is -3.43. The number of carbonyl (C=O) groups excluding carboxylic acids is 1. The molecule has 2 saturated heterocycles. The van der Waals surface area contributed by atoms with E-state index in [-0.39, 0.29) is 11.1 Å². The van der Waals surface area contributed by atoms with Gasteiger partial charge >= 0.3 is 5.97 Å². The van der Waals surface area contributed by atoms with Crippen LogP contribution in [0.15, 0.2) is 0 Å². The topological polar surface area (TPSA) is 91.8 Å². The van der Waals surface area contributed by atoms with Crippen LogP contribution in [0, 0.1) is 5.92 Å². The zero-order valence-corrected chi connectivity index (χ0v) is 13.2. The van der Waals surface area contributed by atoms with Crippen molar-refractivity contribution in [2.24, 2.45) is 5.92 Å². The van der Waals surface area contributed by atoms with Crippen molar-refractivity contribution in [3.63, 3.8) is 0 Å². The number of hydrogen-bond donors (Lipinski definition) is 1. The van der Waals surface area contributed by atoms with E-state index >= 15 is 0 Å². The molecule has 6 nitrogen and oxygen atoms in total. The average Bonchev–Trinajstić information content (AvgIpc) is 3.15. The number of carboxylic acid groups (broad SMARTS) is 1. The Morgan fingerprint density at radius 2 is 1.86 bits per heavy atom. The number of aliphatic carboxylic acids is 1. The molecular formula is C13H19NO5S2. The van der Waals surface area contributed by atoms with Crippen LogP contribution in [0.1, 0.15) is 32.1 Å². The first-order chi connectivity index (χ1) is 9.92. The van der Waals surface area contributed by atoms with Gasteiger partial charge in [0.1, 0.15) is 11.3 Å². The molecule has 1 saturated carbocycles. The van der Waals surface area contributed by atoms with Crippen LogP contribution in [0.25, 0.3) is 0 Å². The zero-order valence-electron chi connectivity index (χ0n) is 11.6. The summed E-state index contributed by atoms with van der Waals surface area (Å²) in [6, 6.07) is -0.884. The van der Waals surface area contributed by atoms with Crippen LogP contribution in [-0.2, 0) is 19.4 Å². The van der Waals surface area contributed by atoms with Crippen molar-refractivity contribution in [2.75, 3.05) is 11.5 Å². The van der Waals surface area contributed by atoms with Crippen molar-refractivity contribution in [1.82, 2.24) is 4.90 Å². The van der Waals surface area contributed by atoms with Gasteiger partial charge in [-0.05, 0) is 31.6 Å². The molecule has 1 amide bonds. The Morgan fingerprint density at radius 3 is 2.43 bits per heavy atom. The van der Waals surface area contributed by atoms with Crippen molar-refractivity contribution >= 4 is 33.5 Å². The Bertz CT molecular complexity index is 557. The SMILES string of the molecule is O=C(O)C1CSC(C2CC2)N1C(=O)C1CCCCS1(=O)=O. The number of nitrogens with zero attached hydrogens (tertiary/aromatic N) is 1. The smallest absolute Gasteiger partial charge is 0.327 e. The quantitative estimate of drug-likeness (QED) is 0.818. The van der Waals surface area contributed by atoms with Crippen LogP contribution < -0.4 is 0 Å². The molecule has 21 heavy (non-hydrogen) atoms. The first-order valence-corrected chi connectivity index (χ1v) is 10.1. The van der Waals surface area contributed by atoms with Crippen molar-refractivity contribution in [3.8, 4) is 0 Å². The summed E-state index contributed by atoms with van der Waals surface area (Å²) in [7, 11) is -3.43. The van der Waals surface area contributed by atoms with Gasteiger partial charge in [-0.3, -0.25) is 4.79 Å². The van der Waals surface area contributed by atoms with Crippen molar-refractivity contribution in [2.45, 2.75) is 48.8 Å². The molecule has 3 rings (SSSR count). The van der Waals surface area contributed by atoms with Gasteiger partial charge in [0.25, 0.3) is 0 Å². The number of carboxylic acids is 1. The monoisotopic (exact) mass is 333 g/mol. The first-order valence-electron chi connectivity index (χ1n) is 7.30. The van der Waals surface area contributed by atoms with Gasteiger partial charge in [-0.25, -0.2) is 13.2 Å². The van der Waals surface area contributed by atoms with Crippen LogP contribution in [0.2, 0.25) is 0 Å². The highest BCUT2D eigenvalue weighted by atomic mass is 32.2. The Kier molecular flexibility index (Phi) is 3.94. The third-order valence-electron chi connectivity index (χ3n) is 4.45. The van der Waals surface area contributed by atoms with Gasteiger partial charge in [-0.15, -0.1) is 11.8 Å². The van der Waals surface area contributed by atoms with E-state index in [1.165, 1.54) is 16.7 Å². The fourth-order valence-electron chi connectivity index (χ4n) is 3.14. The Morgan fingerprint density at radius 1 is 1.14 bits per heavy atom. The molecule has 2 aliphatic heterocycles. The lowest BCUT2D eigenvalue weighted by atomic mass is 10.1. The highest BCUT2D eigenvalue weighted by Crippen LogP contribution is 2.46. The largest absolute Gasteiger partial charge is 0.480 e. The Balaban J connectivity index is 1.87. The number of amides is 1. The molecule has 0 radical (unpaired) electrons. The van der Waals surface area contributed by atoms with E-state index in [1.807, 2.05) is 0 Å². The second kappa shape index (κ2) is 5.46. The zero-order chi connectivity index (χ0) is 15.2. The molecule has 0 spiro atoms. The first kappa shape index (κ1) is 15.1. The molecule has 0 aromatic rings. The Labute approximate surface area is 128 Å². The summed E-state index contributed by atoms with van der Waals surface area (Å²) in [4.78, 5) is 25.5. The highest BCUT2D eigenvalue weighted by Gasteiger charge is 2.51. The summed E-state index contributed by atoms with van der Waals surface area (Å²) in [5, 5.41) is 8.13. The maximum atomic E-state index is 12.7. The molecular weight excluding hydrogens is 314 g/mol. The predicted octanol–water partition coefficient (Wildman–Crippen LogP) is 0.718. The van der Waals surface area contributed by atoms with Gasteiger partial charge in [0.05, 0.1) is 11.1 Å². The number of thioether (sulfide) groups is 1. The van der Waals surface area contributed by atoms with E-state index in [9.17, 15) is 23.1 Å². The molecule has 3 fully saturated rings. The molecule has 3 atom stereocenters. The molecule has 0 bridgehead atoms. The molecule has 1 aliphatic carbocycles. The van der Waals surface area contributed by atoms with Crippen molar-refractivity contribution in [1.29, 1.82) is 0 Å². The lowest BCUT2D eigenvalue weighted by Crippen LogP contribution is -2.53. The molecule has 0 aromatic carbocycles. The summed E-state index contributed by atoms with van der Waals surface area (Å²) in [6.07, 6.45) is 3.61. The van der Waals surface area contributed by atoms with E-state index < -0.39 is 33.0 Å². The fourth-order valence-corrected chi connectivity index (χ4v) is 6.62. The van der Waals surface area contributed by atoms with Gasteiger partial charge < -0.3 is 10.0 Å². The van der Waals surface area contributed by atoms with E-state index in [0.717, 1.165) is 12.8 Å².